The van der Waals surface area contributed by atoms with Crippen molar-refractivity contribution < 1.29 is 13.5 Å². The van der Waals surface area contributed by atoms with Crippen LogP contribution < -0.4 is 5.32 Å². The second-order valence-electron chi connectivity index (χ2n) is 4.05. The molecule has 0 saturated heterocycles. The Kier molecular flexibility index (Phi) is 4.59. The predicted octanol–water partition coefficient (Wildman–Crippen LogP) is 1.89. The van der Waals surface area contributed by atoms with Gasteiger partial charge in [-0.25, -0.2) is 13.5 Å². The number of aromatic nitrogens is 2. The van der Waals surface area contributed by atoms with Gasteiger partial charge in [0, 0.05) is 32.5 Å². The minimum Gasteiger partial charge on any atom is -0.383 e. The van der Waals surface area contributed by atoms with Crippen LogP contribution in [0.4, 0.5) is 8.78 Å². The number of ether oxygens (including phenoxy) is 1. The Bertz CT molecular complexity index is 522. The number of benzene rings is 1. The van der Waals surface area contributed by atoms with Crippen molar-refractivity contribution in [3.05, 3.63) is 47.8 Å². The van der Waals surface area contributed by atoms with Gasteiger partial charge in [-0.05, 0) is 18.2 Å². The number of hydrogen-bond donors (Lipinski definition) is 1. The maximum Gasteiger partial charge on any atom is 0.128 e. The van der Waals surface area contributed by atoms with Crippen LogP contribution >= 0.6 is 0 Å². The van der Waals surface area contributed by atoms with E-state index in [0.29, 0.717) is 18.8 Å². The molecule has 1 aromatic heterocycles. The Balaban J connectivity index is 2.03. The molecule has 1 heterocycles. The quantitative estimate of drug-likeness (QED) is 0.812. The lowest BCUT2D eigenvalue weighted by atomic mass is 10.3. The first-order valence-corrected chi connectivity index (χ1v) is 5.90. The summed E-state index contributed by atoms with van der Waals surface area (Å²) in [6.45, 7) is 1.92. The zero-order valence-electron chi connectivity index (χ0n) is 10.6. The van der Waals surface area contributed by atoms with Gasteiger partial charge in [0.1, 0.15) is 11.6 Å². The van der Waals surface area contributed by atoms with E-state index in [2.05, 4.69) is 10.4 Å². The molecule has 6 heteroatoms. The zero-order chi connectivity index (χ0) is 13.7. The number of nitrogens with one attached hydrogen (secondary N) is 1. The minimum absolute atomic E-state index is 0.362. The summed E-state index contributed by atoms with van der Waals surface area (Å²) < 4.78 is 32.6. The van der Waals surface area contributed by atoms with Crippen LogP contribution in [0.2, 0.25) is 0 Å². The Morgan fingerprint density at radius 3 is 2.68 bits per heavy atom. The molecule has 1 aromatic carbocycles. The van der Waals surface area contributed by atoms with E-state index in [-0.39, 0.29) is 0 Å². The highest BCUT2D eigenvalue weighted by Gasteiger charge is 2.04. The Hall–Kier alpha value is -1.79. The zero-order valence-corrected chi connectivity index (χ0v) is 10.6. The van der Waals surface area contributed by atoms with Crippen LogP contribution in [-0.4, -0.2) is 30.0 Å². The summed E-state index contributed by atoms with van der Waals surface area (Å²) in [6.07, 6.45) is 1.67. The van der Waals surface area contributed by atoms with Crippen LogP contribution in [0.3, 0.4) is 0 Å². The van der Waals surface area contributed by atoms with Gasteiger partial charge in [0.15, 0.2) is 0 Å². The summed E-state index contributed by atoms with van der Waals surface area (Å²) in [6, 6.07) is 5.10. The molecule has 19 heavy (non-hydrogen) atoms. The summed E-state index contributed by atoms with van der Waals surface area (Å²) in [7, 11) is 1.63. The summed E-state index contributed by atoms with van der Waals surface area (Å²) in [5.41, 5.74) is 1.15. The SMILES string of the molecule is COCCNCc1ccn(-c2cc(F)cc(F)c2)n1. The average Bonchev–Trinajstić information content (AvgIpc) is 2.82. The molecule has 102 valence electrons. The van der Waals surface area contributed by atoms with Gasteiger partial charge in [0.25, 0.3) is 0 Å². The molecule has 4 nitrogen and oxygen atoms in total. The number of nitrogens with zero attached hydrogens (tertiary/aromatic N) is 2. The van der Waals surface area contributed by atoms with Gasteiger partial charge in [-0.3, -0.25) is 0 Å². The smallest absolute Gasteiger partial charge is 0.128 e. The normalized spacial score (nSPS) is 10.9. The second-order valence-corrected chi connectivity index (χ2v) is 4.05. The van der Waals surface area contributed by atoms with Gasteiger partial charge in [-0.15, -0.1) is 0 Å². The standard InChI is InChI=1S/C13H15F2N3O/c1-19-5-3-16-9-12-2-4-18(17-12)13-7-10(14)6-11(15)8-13/h2,4,6-8,16H,3,5,9H2,1H3. The molecule has 2 aromatic rings. The van der Waals surface area contributed by atoms with E-state index in [4.69, 9.17) is 4.74 Å². The molecular formula is C13H15F2N3O. The molecule has 0 spiro atoms. The Morgan fingerprint density at radius 1 is 1.26 bits per heavy atom. The van der Waals surface area contributed by atoms with E-state index in [9.17, 15) is 8.78 Å². The predicted molar refractivity (Wildman–Crippen MR) is 67.1 cm³/mol. The number of methoxy groups -OCH3 is 1. The number of rotatable bonds is 6. The first kappa shape index (κ1) is 13.6. The molecule has 0 amide bonds. The van der Waals surface area contributed by atoms with E-state index in [1.165, 1.54) is 16.8 Å². The highest BCUT2D eigenvalue weighted by Crippen LogP contribution is 2.12. The largest absolute Gasteiger partial charge is 0.383 e. The van der Waals surface area contributed by atoms with Crippen molar-refractivity contribution in [1.82, 2.24) is 15.1 Å². The van der Waals surface area contributed by atoms with Crippen LogP contribution in [-0.2, 0) is 11.3 Å². The fraction of sp³-hybridized carbons (Fsp3) is 0.308. The van der Waals surface area contributed by atoms with Crippen LogP contribution in [0.1, 0.15) is 5.69 Å². The summed E-state index contributed by atoms with van der Waals surface area (Å²) in [4.78, 5) is 0. The number of halogens is 2. The Labute approximate surface area is 110 Å². The van der Waals surface area contributed by atoms with Crippen LogP contribution in [0.25, 0.3) is 5.69 Å². The molecule has 2 rings (SSSR count). The highest BCUT2D eigenvalue weighted by molar-refractivity contribution is 5.32. The van der Waals surface area contributed by atoms with Crippen molar-refractivity contribution in [2.45, 2.75) is 6.54 Å². The fourth-order valence-electron chi connectivity index (χ4n) is 1.66. The molecule has 1 N–H and O–H groups in total. The highest BCUT2D eigenvalue weighted by atomic mass is 19.1. The van der Waals surface area contributed by atoms with Gasteiger partial charge < -0.3 is 10.1 Å². The molecule has 0 atom stereocenters. The summed E-state index contributed by atoms with van der Waals surface area (Å²) in [5, 5.41) is 7.38. The topological polar surface area (TPSA) is 39.1 Å². The maximum atomic E-state index is 13.1. The Morgan fingerprint density at radius 2 is 2.00 bits per heavy atom. The number of hydrogen-bond acceptors (Lipinski definition) is 3. The molecule has 0 radical (unpaired) electrons. The first-order chi connectivity index (χ1) is 9.19. The van der Waals surface area contributed by atoms with E-state index < -0.39 is 11.6 Å². The molecule has 0 saturated carbocycles. The van der Waals surface area contributed by atoms with Crippen LogP contribution in [0, 0.1) is 11.6 Å². The van der Waals surface area contributed by atoms with Gasteiger partial charge >= 0.3 is 0 Å². The lowest BCUT2D eigenvalue weighted by Crippen LogP contribution is -2.18. The molecule has 0 aliphatic heterocycles. The lowest BCUT2D eigenvalue weighted by molar-refractivity contribution is 0.199. The molecule has 0 fully saturated rings. The molecule has 0 unspecified atom stereocenters. The van der Waals surface area contributed by atoms with Crippen LogP contribution in [0.15, 0.2) is 30.5 Å². The van der Waals surface area contributed by atoms with Crippen molar-refractivity contribution in [1.29, 1.82) is 0 Å². The van der Waals surface area contributed by atoms with E-state index >= 15 is 0 Å². The average molecular weight is 267 g/mol. The lowest BCUT2D eigenvalue weighted by Gasteiger charge is -2.03. The van der Waals surface area contributed by atoms with Crippen molar-refractivity contribution in [3.8, 4) is 5.69 Å². The third-order valence-electron chi connectivity index (χ3n) is 2.55. The maximum absolute atomic E-state index is 13.1. The summed E-state index contributed by atoms with van der Waals surface area (Å²) >= 11 is 0. The van der Waals surface area contributed by atoms with Gasteiger partial charge in [0.05, 0.1) is 18.0 Å². The molecule has 0 aliphatic rings. The summed E-state index contributed by atoms with van der Waals surface area (Å²) in [5.74, 6) is -1.24. The van der Waals surface area contributed by atoms with Gasteiger partial charge in [-0.1, -0.05) is 0 Å². The van der Waals surface area contributed by atoms with Crippen molar-refractivity contribution in [2.24, 2.45) is 0 Å². The van der Waals surface area contributed by atoms with E-state index in [0.717, 1.165) is 18.3 Å². The molecular weight excluding hydrogens is 252 g/mol. The second kappa shape index (κ2) is 6.40. The fourth-order valence-corrected chi connectivity index (χ4v) is 1.66. The van der Waals surface area contributed by atoms with E-state index in [1.807, 2.05) is 0 Å². The molecule has 0 aliphatic carbocycles. The van der Waals surface area contributed by atoms with Crippen molar-refractivity contribution >= 4 is 0 Å². The van der Waals surface area contributed by atoms with Crippen LogP contribution in [0.5, 0.6) is 0 Å². The van der Waals surface area contributed by atoms with Gasteiger partial charge in [0.2, 0.25) is 0 Å². The van der Waals surface area contributed by atoms with Crippen molar-refractivity contribution in [2.75, 3.05) is 20.3 Å². The minimum atomic E-state index is -0.620. The van der Waals surface area contributed by atoms with Gasteiger partial charge in [-0.2, -0.15) is 5.10 Å². The first-order valence-electron chi connectivity index (χ1n) is 5.90. The third-order valence-corrected chi connectivity index (χ3v) is 2.55. The molecule has 0 bridgehead atoms. The third kappa shape index (κ3) is 3.84. The monoisotopic (exact) mass is 267 g/mol. The van der Waals surface area contributed by atoms with Crippen molar-refractivity contribution in [3.63, 3.8) is 0 Å². The van der Waals surface area contributed by atoms with E-state index in [1.54, 1.807) is 19.4 Å².